The van der Waals surface area contributed by atoms with Crippen LogP contribution in [0.5, 0.6) is 0 Å². The Bertz CT molecular complexity index is 460. The first-order valence-corrected chi connectivity index (χ1v) is 6.17. The molecule has 0 aliphatic carbocycles. The Morgan fingerprint density at radius 1 is 1.31 bits per heavy atom. The van der Waals surface area contributed by atoms with Crippen LogP contribution in [0.4, 0.5) is 0 Å². The first-order valence-electron chi connectivity index (χ1n) is 4.52. The van der Waals surface area contributed by atoms with E-state index in [1.165, 1.54) is 31.4 Å². The molecule has 16 heavy (non-hydrogen) atoms. The lowest BCUT2D eigenvalue weighted by Gasteiger charge is -2.03. The second-order valence-electron chi connectivity index (χ2n) is 3.14. The largest absolute Gasteiger partial charge is 0.478 e. The van der Waals surface area contributed by atoms with Crippen molar-refractivity contribution in [1.29, 1.82) is 0 Å². The lowest BCUT2D eigenvalue weighted by Crippen LogP contribution is -2.11. The number of methoxy groups -OCH3 is 1. The van der Waals surface area contributed by atoms with Crippen LogP contribution in [0.25, 0.3) is 0 Å². The number of benzene rings is 1. The molecule has 0 atom stereocenters. The smallest absolute Gasteiger partial charge is 0.335 e. The van der Waals surface area contributed by atoms with Crippen molar-refractivity contribution in [1.82, 2.24) is 0 Å². The summed E-state index contributed by atoms with van der Waals surface area (Å²) in [6, 6.07) is 5.10. The fourth-order valence-corrected chi connectivity index (χ4v) is 2.29. The zero-order valence-electron chi connectivity index (χ0n) is 8.71. The topological polar surface area (TPSA) is 80.7 Å². The summed E-state index contributed by atoms with van der Waals surface area (Å²) in [4.78, 5) is 10.7. The quantitative estimate of drug-likeness (QED) is 0.828. The van der Waals surface area contributed by atoms with Crippen LogP contribution >= 0.6 is 0 Å². The van der Waals surface area contributed by atoms with Gasteiger partial charge in [-0.1, -0.05) is 0 Å². The summed E-state index contributed by atoms with van der Waals surface area (Å²) >= 11 is 0. The highest BCUT2D eigenvalue weighted by molar-refractivity contribution is 7.91. The standard InChI is InChI=1S/C10H12O5S/c1-15-6-7-16(13,14)9-4-2-8(3-5-9)10(11)12/h2-5H,6-7H2,1H3,(H,11,12). The molecule has 0 spiro atoms. The lowest BCUT2D eigenvalue weighted by atomic mass is 10.2. The van der Waals surface area contributed by atoms with Gasteiger partial charge in [0.05, 0.1) is 22.8 Å². The maximum Gasteiger partial charge on any atom is 0.335 e. The van der Waals surface area contributed by atoms with Crippen molar-refractivity contribution in [2.75, 3.05) is 19.5 Å². The molecule has 1 aromatic carbocycles. The predicted octanol–water partition coefficient (Wildman–Crippen LogP) is 0.805. The van der Waals surface area contributed by atoms with Crippen LogP contribution in [0, 0.1) is 0 Å². The number of hydrogen-bond acceptors (Lipinski definition) is 4. The third-order valence-corrected chi connectivity index (χ3v) is 3.71. The van der Waals surface area contributed by atoms with Gasteiger partial charge in [0, 0.05) is 7.11 Å². The van der Waals surface area contributed by atoms with E-state index in [0.29, 0.717) is 0 Å². The number of hydrogen-bond donors (Lipinski definition) is 1. The third-order valence-electron chi connectivity index (χ3n) is 2.02. The molecule has 0 amide bonds. The van der Waals surface area contributed by atoms with Crippen LogP contribution in [0.1, 0.15) is 10.4 Å². The van der Waals surface area contributed by atoms with Gasteiger partial charge in [0.15, 0.2) is 9.84 Å². The van der Waals surface area contributed by atoms with E-state index in [1.807, 2.05) is 0 Å². The van der Waals surface area contributed by atoms with Crippen molar-refractivity contribution in [3.63, 3.8) is 0 Å². The number of sulfone groups is 1. The zero-order valence-corrected chi connectivity index (χ0v) is 9.53. The molecule has 0 aliphatic heterocycles. The predicted molar refractivity (Wildman–Crippen MR) is 57.3 cm³/mol. The molecule has 0 saturated heterocycles. The van der Waals surface area contributed by atoms with E-state index in [-0.39, 0.29) is 22.8 Å². The molecule has 0 unspecified atom stereocenters. The van der Waals surface area contributed by atoms with Crippen LogP contribution in [0.2, 0.25) is 0 Å². The number of carbonyl (C=O) groups is 1. The molecule has 0 bridgehead atoms. The Morgan fingerprint density at radius 2 is 1.88 bits per heavy atom. The summed E-state index contributed by atoms with van der Waals surface area (Å²) in [5, 5.41) is 8.65. The van der Waals surface area contributed by atoms with E-state index < -0.39 is 15.8 Å². The molecule has 88 valence electrons. The Kier molecular flexibility index (Phi) is 4.03. The van der Waals surface area contributed by atoms with Crippen molar-refractivity contribution < 1.29 is 23.1 Å². The summed E-state index contributed by atoms with van der Waals surface area (Å²) in [5.41, 5.74) is 0.0608. The van der Waals surface area contributed by atoms with Gasteiger partial charge < -0.3 is 9.84 Å². The molecule has 0 radical (unpaired) electrons. The van der Waals surface area contributed by atoms with Crippen molar-refractivity contribution in [3.8, 4) is 0 Å². The highest BCUT2D eigenvalue weighted by Gasteiger charge is 2.14. The molecule has 5 nitrogen and oxygen atoms in total. The van der Waals surface area contributed by atoms with Gasteiger partial charge in [-0.15, -0.1) is 0 Å². The fraction of sp³-hybridized carbons (Fsp3) is 0.300. The molecule has 0 aromatic heterocycles. The number of aromatic carboxylic acids is 1. The summed E-state index contributed by atoms with van der Waals surface area (Å²) in [6.07, 6.45) is 0. The van der Waals surface area contributed by atoms with E-state index in [0.717, 1.165) is 0 Å². The van der Waals surface area contributed by atoms with Crippen molar-refractivity contribution in [3.05, 3.63) is 29.8 Å². The second kappa shape index (κ2) is 5.09. The Labute approximate surface area is 93.6 Å². The van der Waals surface area contributed by atoms with Gasteiger partial charge in [0.25, 0.3) is 0 Å². The molecule has 0 saturated carbocycles. The molecule has 1 rings (SSSR count). The SMILES string of the molecule is COCCS(=O)(=O)c1ccc(C(=O)O)cc1. The first-order chi connectivity index (χ1) is 7.47. The molecule has 1 aromatic rings. The van der Waals surface area contributed by atoms with Gasteiger partial charge in [0.1, 0.15) is 0 Å². The lowest BCUT2D eigenvalue weighted by molar-refractivity contribution is 0.0696. The van der Waals surface area contributed by atoms with Crippen LogP contribution in [-0.4, -0.2) is 39.0 Å². The Balaban J connectivity index is 2.93. The Hall–Kier alpha value is -1.40. The van der Waals surface area contributed by atoms with E-state index in [9.17, 15) is 13.2 Å². The van der Waals surface area contributed by atoms with Gasteiger partial charge in [-0.25, -0.2) is 13.2 Å². The van der Waals surface area contributed by atoms with Crippen LogP contribution in [0.15, 0.2) is 29.2 Å². The molecule has 0 fully saturated rings. The minimum absolute atomic E-state index is 0.0608. The normalized spacial score (nSPS) is 11.3. The maximum absolute atomic E-state index is 11.6. The van der Waals surface area contributed by atoms with E-state index in [4.69, 9.17) is 5.11 Å². The second-order valence-corrected chi connectivity index (χ2v) is 5.25. The average molecular weight is 244 g/mol. The summed E-state index contributed by atoms with van der Waals surface area (Å²) < 4.78 is 28.0. The highest BCUT2D eigenvalue weighted by Crippen LogP contribution is 2.12. The average Bonchev–Trinajstić information content (AvgIpc) is 2.26. The molecule has 1 N–H and O–H groups in total. The van der Waals surface area contributed by atoms with E-state index in [2.05, 4.69) is 4.74 Å². The highest BCUT2D eigenvalue weighted by atomic mass is 32.2. The first kappa shape index (κ1) is 12.7. The van der Waals surface area contributed by atoms with Gasteiger partial charge in [0.2, 0.25) is 0 Å². The van der Waals surface area contributed by atoms with E-state index in [1.54, 1.807) is 0 Å². The monoisotopic (exact) mass is 244 g/mol. The number of carboxylic acid groups (broad SMARTS) is 1. The van der Waals surface area contributed by atoms with E-state index >= 15 is 0 Å². The fourth-order valence-electron chi connectivity index (χ4n) is 1.12. The van der Waals surface area contributed by atoms with Crippen molar-refractivity contribution in [2.24, 2.45) is 0 Å². The third kappa shape index (κ3) is 3.04. The molecular weight excluding hydrogens is 232 g/mol. The summed E-state index contributed by atoms with van der Waals surface area (Å²) in [7, 11) is -1.96. The Morgan fingerprint density at radius 3 is 2.31 bits per heavy atom. The molecular formula is C10H12O5S. The molecule has 6 heteroatoms. The summed E-state index contributed by atoms with van der Waals surface area (Å²) in [5.74, 6) is -1.20. The number of rotatable bonds is 5. The van der Waals surface area contributed by atoms with Gasteiger partial charge in [-0.3, -0.25) is 0 Å². The van der Waals surface area contributed by atoms with Crippen LogP contribution in [0.3, 0.4) is 0 Å². The minimum atomic E-state index is -3.38. The van der Waals surface area contributed by atoms with Gasteiger partial charge in [-0.2, -0.15) is 0 Å². The van der Waals surface area contributed by atoms with Crippen molar-refractivity contribution >= 4 is 15.8 Å². The summed E-state index contributed by atoms with van der Waals surface area (Å²) in [6.45, 7) is 0.114. The zero-order chi connectivity index (χ0) is 12.2. The van der Waals surface area contributed by atoms with Gasteiger partial charge in [-0.05, 0) is 24.3 Å². The molecule has 0 aliphatic rings. The number of carboxylic acids is 1. The van der Waals surface area contributed by atoms with Gasteiger partial charge >= 0.3 is 5.97 Å². The minimum Gasteiger partial charge on any atom is -0.478 e. The molecule has 0 heterocycles. The van der Waals surface area contributed by atoms with Crippen LogP contribution in [-0.2, 0) is 14.6 Å². The van der Waals surface area contributed by atoms with Crippen molar-refractivity contribution in [2.45, 2.75) is 4.90 Å². The van der Waals surface area contributed by atoms with Crippen LogP contribution < -0.4 is 0 Å². The number of ether oxygens (including phenoxy) is 1. The maximum atomic E-state index is 11.6.